The predicted octanol–water partition coefficient (Wildman–Crippen LogP) is 3.09. The van der Waals surface area contributed by atoms with Crippen molar-refractivity contribution in [3.63, 3.8) is 0 Å². The molecule has 2 aliphatic heterocycles. The summed E-state index contributed by atoms with van der Waals surface area (Å²) in [5.74, 6) is 1.09. The molecule has 1 atom stereocenters. The lowest BCUT2D eigenvalue weighted by Gasteiger charge is -2.25. The van der Waals surface area contributed by atoms with Gasteiger partial charge in [0.25, 0.3) is 0 Å². The Hall–Kier alpha value is -0.730. The van der Waals surface area contributed by atoms with E-state index in [1.54, 1.807) is 0 Å². The number of benzene rings is 1. The van der Waals surface area contributed by atoms with Gasteiger partial charge in [-0.05, 0) is 37.1 Å². The summed E-state index contributed by atoms with van der Waals surface area (Å²) in [6, 6.07) is 4.53. The van der Waals surface area contributed by atoms with Crippen LogP contribution in [0.2, 0.25) is 5.02 Å². The van der Waals surface area contributed by atoms with E-state index in [0.717, 1.165) is 30.3 Å². The second kappa shape index (κ2) is 4.27. The van der Waals surface area contributed by atoms with Gasteiger partial charge in [0.1, 0.15) is 5.75 Å². The van der Waals surface area contributed by atoms with Gasteiger partial charge < -0.3 is 10.1 Å². The fourth-order valence-corrected chi connectivity index (χ4v) is 2.92. The molecule has 1 aromatic rings. The molecule has 1 aromatic carbocycles. The van der Waals surface area contributed by atoms with Crippen LogP contribution < -0.4 is 10.1 Å². The number of nitrogens with one attached hydrogen (secondary N) is 1. The van der Waals surface area contributed by atoms with Gasteiger partial charge in [-0.3, -0.25) is 0 Å². The Balaban J connectivity index is 1.99. The van der Waals surface area contributed by atoms with E-state index in [-0.39, 0.29) is 0 Å². The van der Waals surface area contributed by atoms with Gasteiger partial charge in [-0.1, -0.05) is 18.0 Å². The molecule has 86 valence electrons. The lowest BCUT2D eigenvalue weighted by atomic mass is 9.95. The van der Waals surface area contributed by atoms with Gasteiger partial charge in [0.05, 0.1) is 6.61 Å². The van der Waals surface area contributed by atoms with Crippen molar-refractivity contribution in [2.24, 2.45) is 0 Å². The van der Waals surface area contributed by atoms with Gasteiger partial charge in [0.15, 0.2) is 0 Å². The number of hydrogen-bond acceptors (Lipinski definition) is 2. The molecule has 2 heterocycles. The Morgan fingerprint density at radius 1 is 1.31 bits per heavy atom. The highest BCUT2D eigenvalue weighted by atomic mass is 35.5. The molecule has 16 heavy (non-hydrogen) atoms. The third-order valence-corrected chi connectivity index (χ3v) is 3.68. The predicted molar refractivity (Wildman–Crippen MR) is 65.2 cm³/mol. The lowest BCUT2D eigenvalue weighted by Crippen LogP contribution is -2.27. The van der Waals surface area contributed by atoms with Crippen LogP contribution in [-0.2, 0) is 6.42 Å². The number of hydrogen-bond donors (Lipinski definition) is 1. The molecule has 1 saturated heterocycles. The van der Waals surface area contributed by atoms with Crippen LogP contribution in [0.15, 0.2) is 12.1 Å². The van der Waals surface area contributed by atoms with Crippen molar-refractivity contribution in [2.45, 2.75) is 31.7 Å². The molecule has 1 N–H and O–H groups in total. The quantitative estimate of drug-likeness (QED) is 0.811. The third kappa shape index (κ3) is 1.80. The topological polar surface area (TPSA) is 21.3 Å². The van der Waals surface area contributed by atoms with Crippen molar-refractivity contribution in [3.05, 3.63) is 28.3 Å². The number of ether oxygens (including phenoxy) is 1. The summed E-state index contributed by atoms with van der Waals surface area (Å²) < 4.78 is 5.74. The fourth-order valence-electron chi connectivity index (χ4n) is 2.67. The number of rotatable bonds is 1. The maximum atomic E-state index is 6.16. The first-order chi connectivity index (χ1) is 7.84. The molecule has 0 saturated carbocycles. The number of piperidine rings is 1. The molecule has 0 amide bonds. The smallest absolute Gasteiger partial charge is 0.127 e. The molecule has 1 fully saturated rings. The van der Waals surface area contributed by atoms with Gasteiger partial charge in [-0.25, -0.2) is 0 Å². The number of halogens is 1. The van der Waals surface area contributed by atoms with Gasteiger partial charge >= 0.3 is 0 Å². The molecular weight excluding hydrogens is 222 g/mol. The minimum absolute atomic E-state index is 0.430. The molecule has 3 heteroatoms. The summed E-state index contributed by atoms with van der Waals surface area (Å²) in [6.45, 7) is 1.90. The summed E-state index contributed by atoms with van der Waals surface area (Å²) in [6.07, 6.45) is 4.75. The molecule has 0 aliphatic carbocycles. The van der Waals surface area contributed by atoms with Crippen LogP contribution in [-0.4, -0.2) is 13.2 Å². The maximum absolute atomic E-state index is 6.16. The Morgan fingerprint density at radius 2 is 2.25 bits per heavy atom. The van der Waals surface area contributed by atoms with Crippen molar-refractivity contribution in [1.29, 1.82) is 0 Å². The average Bonchev–Trinajstić information content (AvgIpc) is 2.77. The fraction of sp³-hybridized carbons (Fsp3) is 0.538. The van der Waals surface area contributed by atoms with Crippen LogP contribution in [0.1, 0.15) is 36.4 Å². The van der Waals surface area contributed by atoms with E-state index in [2.05, 4.69) is 11.4 Å². The summed E-state index contributed by atoms with van der Waals surface area (Å²) >= 11 is 6.16. The first-order valence-electron chi connectivity index (χ1n) is 6.03. The summed E-state index contributed by atoms with van der Waals surface area (Å²) in [7, 11) is 0. The third-order valence-electron chi connectivity index (χ3n) is 3.46. The average molecular weight is 238 g/mol. The molecule has 2 nitrogen and oxygen atoms in total. The highest BCUT2D eigenvalue weighted by Crippen LogP contribution is 2.38. The monoisotopic (exact) mass is 237 g/mol. The zero-order valence-electron chi connectivity index (χ0n) is 9.26. The van der Waals surface area contributed by atoms with Crippen LogP contribution in [0.4, 0.5) is 0 Å². The largest absolute Gasteiger partial charge is 0.493 e. The van der Waals surface area contributed by atoms with Crippen molar-refractivity contribution in [2.75, 3.05) is 13.2 Å². The second-order valence-electron chi connectivity index (χ2n) is 4.58. The van der Waals surface area contributed by atoms with Crippen LogP contribution in [0, 0.1) is 0 Å². The molecule has 0 spiro atoms. The van der Waals surface area contributed by atoms with E-state index >= 15 is 0 Å². The van der Waals surface area contributed by atoms with Crippen LogP contribution in [0.5, 0.6) is 5.75 Å². The molecule has 1 unspecified atom stereocenters. The van der Waals surface area contributed by atoms with Crippen molar-refractivity contribution >= 4 is 11.6 Å². The zero-order chi connectivity index (χ0) is 11.0. The van der Waals surface area contributed by atoms with E-state index in [1.807, 2.05) is 6.07 Å². The summed E-state index contributed by atoms with van der Waals surface area (Å²) in [5, 5.41) is 4.39. The lowest BCUT2D eigenvalue weighted by molar-refractivity contribution is 0.339. The molecular formula is C13H16ClNO. The molecule has 3 rings (SSSR count). The normalized spacial score (nSPS) is 23.9. The van der Waals surface area contributed by atoms with Gasteiger partial charge in [0.2, 0.25) is 0 Å². The van der Waals surface area contributed by atoms with Gasteiger partial charge in [-0.15, -0.1) is 0 Å². The van der Waals surface area contributed by atoms with Crippen LogP contribution in [0.25, 0.3) is 0 Å². The van der Waals surface area contributed by atoms with E-state index in [0.29, 0.717) is 6.04 Å². The van der Waals surface area contributed by atoms with Crippen LogP contribution in [0.3, 0.4) is 0 Å². The van der Waals surface area contributed by atoms with Crippen molar-refractivity contribution in [3.8, 4) is 5.75 Å². The molecule has 0 bridgehead atoms. The SMILES string of the molecule is Clc1cc2c(c(C3CCCCN3)c1)OCC2. The summed E-state index contributed by atoms with van der Waals surface area (Å²) in [5.41, 5.74) is 2.54. The first-order valence-corrected chi connectivity index (χ1v) is 6.41. The number of fused-ring (bicyclic) bond motifs is 1. The standard InChI is InChI=1S/C13H16ClNO/c14-10-7-9-4-6-16-13(9)11(8-10)12-3-1-2-5-15-12/h7-8,12,15H,1-6H2. The van der Waals surface area contributed by atoms with E-state index < -0.39 is 0 Å². The van der Waals surface area contributed by atoms with Crippen LogP contribution >= 0.6 is 11.6 Å². The summed E-state index contributed by atoms with van der Waals surface area (Å²) in [4.78, 5) is 0. The van der Waals surface area contributed by atoms with Gasteiger partial charge in [-0.2, -0.15) is 0 Å². The molecule has 0 radical (unpaired) electrons. The maximum Gasteiger partial charge on any atom is 0.127 e. The molecule has 0 aromatic heterocycles. The van der Waals surface area contributed by atoms with E-state index in [4.69, 9.17) is 16.3 Å². The Labute approximate surface area is 101 Å². The first kappa shape index (κ1) is 10.4. The highest BCUT2D eigenvalue weighted by Gasteiger charge is 2.24. The van der Waals surface area contributed by atoms with E-state index in [9.17, 15) is 0 Å². The Morgan fingerprint density at radius 3 is 3.06 bits per heavy atom. The zero-order valence-corrected chi connectivity index (χ0v) is 10.0. The van der Waals surface area contributed by atoms with Crippen molar-refractivity contribution < 1.29 is 4.74 Å². The molecule has 2 aliphatic rings. The minimum atomic E-state index is 0.430. The highest BCUT2D eigenvalue weighted by molar-refractivity contribution is 6.30. The van der Waals surface area contributed by atoms with Gasteiger partial charge in [0, 0.05) is 23.0 Å². The Bertz CT molecular complexity index is 399. The second-order valence-corrected chi connectivity index (χ2v) is 5.02. The van der Waals surface area contributed by atoms with E-state index in [1.165, 1.54) is 30.4 Å². The van der Waals surface area contributed by atoms with Crippen molar-refractivity contribution in [1.82, 2.24) is 5.32 Å². The minimum Gasteiger partial charge on any atom is -0.493 e. The Kier molecular flexibility index (Phi) is 2.78.